The number of carbonyl (C=O) groups excluding carboxylic acids is 2. The van der Waals surface area contributed by atoms with E-state index in [9.17, 15) is 31.2 Å². The van der Waals surface area contributed by atoms with Gasteiger partial charge in [0.25, 0.3) is 0 Å². The van der Waals surface area contributed by atoms with Crippen molar-refractivity contribution in [3.05, 3.63) is 59.7 Å². The molecule has 2 amide bonds. The summed E-state index contributed by atoms with van der Waals surface area (Å²) in [5.74, 6) is -0.214. The molecule has 196 valence electrons. The number of methoxy groups -OCH3 is 1. The number of amides is 2. The maximum absolute atomic E-state index is 13.3. The summed E-state index contributed by atoms with van der Waals surface area (Å²) in [5, 5.41) is 5.46. The van der Waals surface area contributed by atoms with Gasteiger partial charge >= 0.3 is 6.18 Å². The number of sulfonamides is 1. The molecule has 0 aliphatic carbocycles. The van der Waals surface area contributed by atoms with Crippen molar-refractivity contribution in [2.24, 2.45) is 0 Å². The summed E-state index contributed by atoms with van der Waals surface area (Å²) in [4.78, 5) is 23.8. The lowest BCUT2D eigenvalue weighted by Gasteiger charge is -2.33. The molecule has 0 radical (unpaired) electrons. The van der Waals surface area contributed by atoms with Crippen LogP contribution >= 0.6 is 0 Å². The molecule has 0 unspecified atom stereocenters. The monoisotopic (exact) mass is 527 g/mol. The van der Waals surface area contributed by atoms with E-state index in [2.05, 4.69) is 10.6 Å². The fourth-order valence-corrected chi connectivity index (χ4v) is 5.78. The van der Waals surface area contributed by atoms with Gasteiger partial charge in [-0.2, -0.15) is 17.5 Å². The number of benzene rings is 2. The summed E-state index contributed by atoms with van der Waals surface area (Å²) < 4.78 is 72.1. The van der Waals surface area contributed by atoms with Crippen LogP contribution in [0.15, 0.2) is 53.4 Å². The quantitative estimate of drug-likeness (QED) is 0.550. The van der Waals surface area contributed by atoms with E-state index in [1.807, 2.05) is 0 Å². The van der Waals surface area contributed by atoms with Crippen molar-refractivity contribution in [1.82, 2.24) is 14.9 Å². The fourth-order valence-electron chi connectivity index (χ4n) is 4.10. The first-order valence-corrected chi connectivity index (χ1v) is 12.7. The molecule has 1 heterocycles. The number of hydrogen-bond acceptors (Lipinski definition) is 5. The summed E-state index contributed by atoms with van der Waals surface area (Å²) in [5.41, 5.74) is -0.441. The van der Waals surface area contributed by atoms with Crippen molar-refractivity contribution in [1.29, 1.82) is 0 Å². The highest BCUT2D eigenvalue weighted by molar-refractivity contribution is 7.89. The van der Waals surface area contributed by atoms with Crippen LogP contribution in [0.4, 0.5) is 13.2 Å². The molecule has 2 aromatic rings. The largest absolute Gasteiger partial charge is 0.497 e. The third-order valence-electron chi connectivity index (χ3n) is 5.88. The zero-order chi connectivity index (χ0) is 26.5. The van der Waals surface area contributed by atoms with Gasteiger partial charge in [-0.25, -0.2) is 8.42 Å². The van der Waals surface area contributed by atoms with Crippen molar-refractivity contribution in [2.45, 2.75) is 49.3 Å². The number of alkyl halides is 3. The number of carbonyl (C=O) groups is 2. The number of piperidine rings is 1. The van der Waals surface area contributed by atoms with Crippen molar-refractivity contribution in [3.63, 3.8) is 0 Å². The van der Waals surface area contributed by atoms with Crippen LogP contribution in [-0.4, -0.2) is 56.8 Å². The second-order valence-electron chi connectivity index (χ2n) is 8.49. The van der Waals surface area contributed by atoms with Gasteiger partial charge in [-0.1, -0.05) is 24.3 Å². The molecular weight excluding hydrogens is 499 g/mol. The van der Waals surface area contributed by atoms with Gasteiger partial charge in [0, 0.05) is 32.5 Å². The topological polar surface area (TPSA) is 105 Å². The number of hydrogen-bond donors (Lipinski definition) is 2. The van der Waals surface area contributed by atoms with Crippen molar-refractivity contribution >= 4 is 21.8 Å². The van der Waals surface area contributed by atoms with Crippen LogP contribution in [0.2, 0.25) is 0 Å². The lowest BCUT2D eigenvalue weighted by atomic mass is 10.0. The molecule has 2 N–H and O–H groups in total. The SMILES string of the molecule is COc1cccc(C[C@H](NC(C)=O)C(=O)NC2CCN(S(=O)(=O)c3ccccc3C(F)(F)F)CC2)c1. The summed E-state index contributed by atoms with van der Waals surface area (Å²) in [6.07, 6.45) is -4.17. The number of nitrogens with one attached hydrogen (secondary N) is 2. The zero-order valence-corrected chi connectivity index (χ0v) is 20.7. The molecule has 12 heteroatoms. The van der Waals surface area contributed by atoms with Gasteiger partial charge in [-0.05, 0) is 42.7 Å². The van der Waals surface area contributed by atoms with Crippen molar-refractivity contribution in [3.8, 4) is 5.75 Å². The van der Waals surface area contributed by atoms with E-state index in [4.69, 9.17) is 4.74 Å². The van der Waals surface area contributed by atoms with Crippen LogP contribution in [0.3, 0.4) is 0 Å². The van der Waals surface area contributed by atoms with Crippen LogP contribution < -0.4 is 15.4 Å². The Kier molecular flexibility index (Phi) is 8.62. The molecule has 8 nitrogen and oxygen atoms in total. The normalized spacial score (nSPS) is 16.2. The molecule has 1 atom stereocenters. The highest BCUT2D eigenvalue weighted by atomic mass is 32.2. The van der Waals surface area contributed by atoms with Gasteiger partial charge in [-0.3, -0.25) is 9.59 Å². The fraction of sp³-hybridized carbons (Fsp3) is 0.417. The highest BCUT2D eigenvalue weighted by Crippen LogP contribution is 2.35. The minimum absolute atomic E-state index is 0.0554. The van der Waals surface area contributed by atoms with E-state index < -0.39 is 44.6 Å². The highest BCUT2D eigenvalue weighted by Gasteiger charge is 2.39. The van der Waals surface area contributed by atoms with Gasteiger partial charge in [0.1, 0.15) is 11.8 Å². The Bertz CT molecular complexity index is 1200. The first kappa shape index (κ1) is 27.5. The van der Waals surface area contributed by atoms with E-state index in [0.717, 1.165) is 28.1 Å². The van der Waals surface area contributed by atoms with Crippen molar-refractivity contribution in [2.75, 3.05) is 20.2 Å². The molecule has 0 aromatic heterocycles. The molecule has 3 rings (SSSR count). The Labute approximate surface area is 207 Å². The van der Waals surface area contributed by atoms with Crippen molar-refractivity contribution < 1.29 is 35.9 Å². The Morgan fingerprint density at radius 3 is 2.39 bits per heavy atom. The Morgan fingerprint density at radius 1 is 1.11 bits per heavy atom. The van der Waals surface area contributed by atoms with Gasteiger partial charge in [0.05, 0.1) is 17.6 Å². The van der Waals surface area contributed by atoms with E-state index >= 15 is 0 Å². The molecular formula is C24H28F3N3O5S. The maximum Gasteiger partial charge on any atom is 0.417 e. The minimum atomic E-state index is -4.81. The average Bonchev–Trinajstić information content (AvgIpc) is 2.83. The summed E-state index contributed by atoms with van der Waals surface area (Å²) >= 11 is 0. The lowest BCUT2D eigenvalue weighted by molar-refractivity contribution is -0.140. The second kappa shape index (κ2) is 11.3. The van der Waals surface area contributed by atoms with E-state index in [1.165, 1.54) is 20.1 Å². The average molecular weight is 528 g/mol. The number of rotatable bonds is 8. The van der Waals surface area contributed by atoms with Gasteiger partial charge < -0.3 is 15.4 Å². The van der Waals surface area contributed by atoms with Crippen LogP contribution in [-0.2, 0) is 32.2 Å². The minimum Gasteiger partial charge on any atom is -0.497 e. The summed E-state index contributed by atoms with van der Waals surface area (Å²) in [7, 11) is -2.86. The molecule has 1 fully saturated rings. The van der Waals surface area contributed by atoms with Gasteiger partial charge in [-0.15, -0.1) is 0 Å². The lowest BCUT2D eigenvalue weighted by Crippen LogP contribution is -2.53. The molecule has 0 spiro atoms. The van der Waals surface area contributed by atoms with Crippen LogP contribution in [0.1, 0.15) is 30.9 Å². The predicted octanol–water partition coefficient (Wildman–Crippen LogP) is 2.73. The maximum atomic E-state index is 13.3. The first-order valence-electron chi connectivity index (χ1n) is 11.3. The summed E-state index contributed by atoms with van der Waals surface area (Å²) in [6.45, 7) is 1.19. The smallest absolute Gasteiger partial charge is 0.417 e. The first-order chi connectivity index (χ1) is 16.9. The standard InChI is InChI=1S/C24H28F3N3O5S/c1-16(31)28-21(15-17-6-5-7-19(14-17)35-2)23(32)29-18-10-12-30(13-11-18)36(33,34)22-9-4-3-8-20(22)24(25,26)27/h3-9,14,18,21H,10-13,15H2,1-2H3,(H,28,31)(H,29,32)/t21-/m0/s1. The second-order valence-corrected chi connectivity index (χ2v) is 10.4. The molecule has 0 bridgehead atoms. The zero-order valence-electron chi connectivity index (χ0n) is 19.8. The Morgan fingerprint density at radius 2 is 1.78 bits per heavy atom. The third-order valence-corrected chi connectivity index (χ3v) is 7.84. The third kappa shape index (κ3) is 6.76. The Hall–Kier alpha value is -3.12. The van der Waals surface area contributed by atoms with Crippen LogP contribution in [0.25, 0.3) is 0 Å². The molecule has 0 saturated carbocycles. The molecule has 2 aromatic carbocycles. The number of ether oxygens (including phenoxy) is 1. The number of nitrogens with zero attached hydrogens (tertiary/aromatic N) is 1. The molecule has 1 aliphatic heterocycles. The molecule has 1 saturated heterocycles. The van der Waals surface area contributed by atoms with E-state index in [1.54, 1.807) is 24.3 Å². The Balaban J connectivity index is 1.66. The molecule has 36 heavy (non-hydrogen) atoms. The van der Waals surface area contributed by atoms with Gasteiger partial charge in [0.2, 0.25) is 21.8 Å². The van der Waals surface area contributed by atoms with Crippen LogP contribution in [0.5, 0.6) is 5.75 Å². The van der Waals surface area contributed by atoms with E-state index in [0.29, 0.717) is 5.75 Å². The predicted molar refractivity (Wildman–Crippen MR) is 126 cm³/mol. The number of halogens is 3. The molecule has 1 aliphatic rings. The summed E-state index contributed by atoms with van der Waals surface area (Å²) in [6, 6.07) is 9.89. The van der Waals surface area contributed by atoms with Crippen LogP contribution in [0, 0.1) is 0 Å². The van der Waals surface area contributed by atoms with Gasteiger partial charge in [0.15, 0.2) is 0 Å². The van der Waals surface area contributed by atoms with E-state index in [-0.39, 0.29) is 38.3 Å².